The number of aromatic nitrogens is 15. The van der Waals surface area contributed by atoms with Gasteiger partial charge in [0, 0.05) is 130 Å². The van der Waals surface area contributed by atoms with Crippen LogP contribution in [0.2, 0.25) is 0 Å². The van der Waals surface area contributed by atoms with Crippen molar-refractivity contribution in [2.45, 2.75) is 169 Å². The summed E-state index contributed by atoms with van der Waals surface area (Å²) in [4.78, 5) is 90.5. The molecule has 126 heavy (non-hydrogen) atoms. The van der Waals surface area contributed by atoms with Gasteiger partial charge < -0.3 is 78.4 Å². The first-order valence-electron chi connectivity index (χ1n) is 43.6. The fourth-order valence-corrected chi connectivity index (χ4v) is 15.2. The lowest BCUT2D eigenvalue weighted by Gasteiger charge is -2.26. The van der Waals surface area contributed by atoms with Gasteiger partial charge in [0.05, 0.1) is 134 Å². The molecule has 10 heterocycles. The van der Waals surface area contributed by atoms with E-state index in [4.69, 9.17) is 28.4 Å². The van der Waals surface area contributed by atoms with E-state index < -0.39 is 0 Å². The molecule has 9 aromatic heterocycles. The van der Waals surface area contributed by atoms with Gasteiger partial charge in [-0.05, 0) is 179 Å². The fraction of sp³-hybridized carbons (Fsp3) is 0.446. The molecule has 15 rings (SSSR count). The Kier molecular flexibility index (Phi) is 33.4. The number of carbonyl (C=O) groups is 6. The second kappa shape index (κ2) is 46.1. The van der Waals surface area contributed by atoms with Gasteiger partial charge in [0.25, 0.3) is 17.7 Å². The normalized spacial score (nSPS) is 14.2. The van der Waals surface area contributed by atoms with Gasteiger partial charge in [0.1, 0.15) is 34.0 Å². The lowest BCUT2D eigenvalue weighted by Crippen LogP contribution is -2.39. The number of nitrogens with one attached hydrogen (secondary N) is 6. The Morgan fingerprint density at radius 1 is 0.381 bits per heavy atom. The Balaban J connectivity index is 0.000000162. The maximum atomic E-state index is 12.9. The molecule has 3 aliphatic rings. The number of hydrogen-bond donors (Lipinski definition) is 6. The number of fused-ring (bicyclic) bond motifs is 3. The van der Waals surface area contributed by atoms with Crippen molar-refractivity contribution in [2.75, 3.05) is 115 Å². The molecule has 1 aliphatic heterocycles. The number of ether oxygens (including phenoxy) is 6. The maximum Gasteiger partial charge on any atom is 0.259 e. The van der Waals surface area contributed by atoms with Crippen LogP contribution in [0.4, 0.5) is 17.1 Å². The van der Waals surface area contributed by atoms with Crippen molar-refractivity contribution in [3.05, 3.63) is 197 Å². The summed E-state index contributed by atoms with van der Waals surface area (Å²) in [7, 11) is 2.15. The van der Waals surface area contributed by atoms with Crippen molar-refractivity contribution in [2.24, 2.45) is 0 Å². The van der Waals surface area contributed by atoms with Crippen molar-refractivity contribution < 1.29 is 57.2 Å². The summed E-state index contributed by atoms with van der Waals surface area (Å²) in [6.07, 6.45) is 25.0. The summed E-state index contributed by atoms with van der Waals surface area (Å²) in [6.45, 7) is 20.5. The molecule has 34 heteroatoms. The van der Waals surface area contributed by atoms with Crippen molar-refractivity contribution in [3.8, 4) is 33.8 Å². The highest BCUT2D eigenvalue weighted by Crippen LogP contribution is 2.27. The molecule has 1 unspecified atom stereocenters. The molecule has 1 atom stereocenters. The minimum Gasteiger partial charge on any atom is -0.379 e. The van der Waals surface area contributed by atoms with Crippen molar-refractivity contribution in [1.29, 1.82) is 0 Å². The molecule has 12 aromatic rings. The van der Waals surface area contributed by atoms with Crippen LogP contribution in [-0.2, 0) is 62.4 Å². The van der Waals surface area contributed by atoms with E-state index in [9.17, 15) is 28.8 Å². The standard InChI is InChI=1S/C32H42N8O4.C31H39N7O4.C29H35N7O4/c1-23-21-24(2)40-15-11-28(31(40)34-23)32(42)35-26-8-6-25(7-9-26)29-22-39(37-36-29)16-18-44-20-19-43-17-12-30(41)33-13-10-27-5-4-14-38(27)3;1-22-20-23(2)38-14-12-27(30(38)32-22)31(40)34-26-10-8-24(9-11-26)28-21-37(36-35-28)15-17-42-19-18-41-16-13-29(39)33-25-6-4-3-5-7-25;1-20-18-21(2)36-12-10-25(28(36)30-20)29(38)32-24-8-6-22(7-9-24)26-19-35(34-33-26)13-15-40-17-16-39-14-11-27(37)31-23-4-3-5-23/h6-9,11,15,21-22,27H,4-5,10,12-14,16-20H2,1-3H3,(H,33,41)(H,35,42);8-12,14,20-21,25H,3-7,13,15-19H2,1-2H3,(H,33,39)(H,34,40);6-10,12,18-19,23H,3-5,11,13-17H2,1-2H3,(H,31,37)(H,32,38). The fourth-order valence-electron chi connectivity index (χ4n) is 15.2. The minimum absolute atomic E-state index is 0.0291. The first-order valence-corrected chi connectivity index (χ1v) is 43.6. The van der Waals surface area contributed by atoms with Crippen molar-refractivity contribution in [3.63, 3.8) is 0 Å². The first-order chi connectivity index (χ1) is 61.3. The van der Waals surface area contributed by atoms with Gasteiger partial charge in [0.2, 0.25) is 17.7 Å². The van der Waals surface area contributed by atoms with E-state index in [1.165, 1.54) is 38.5 Å². The van der Waals surface area contributed by atoms with E-state index in [2.05, 4.69) is 89.7 Å². The summed E-state index contributed by atoms with van der Waals surface area (Å²) in [5.74, 6) is -0.477. The quantitative estimate of drug-likeness (QED) is 0.0194. The Hall–Kier alpha value is -12.3. The molecule has 0 radical (unpaired) electrons. The molecular weight excluding hydrogens is 1610 g/mol. The topological polar surface area (TPSA) is 377 Å². The van der Waals surface area contributed by atoms with Gasteiger partial charge >= 0.3 is 0 Å². The van der Waals surface area contributed by atoms with Gasteiger partial charge in [-0.3, -0.25) is 28.8 Å². The van der Waals surface area contributed by atoms with Crippen LogP contribution in [-0.4, -0.2) is 231 Å². The second-order valence-electron chi connectivity index (χ2n) is 32.0. The van der Waals surface area contributed by atoms with Gasteiger partial charge in [-0.25, -0.2) is 29.0 Å². The predicted molar refractivity (Wildman–Crippen MR) is 477 cm³/mol. The van der Waals surface area contributed by atoms with Crippen molar-refractivity contribution in [1.82, 2.24) is 94.0 Å². The monoisotopic (exact) mass is 1720 g/mol. The lowest BCUT2D eigenvalue weighted by molar-refractivity contribution is -0.124. The van der Waals surface area contributed by atoms with Crippen LogP contribution in [0.1, 0.15) is 155 Å². The number of nitrogens with zero attached hydrogens (tertiary/aromatic N) is 16. The SMILES string of the molecule is Cc1cc(C)n2ccc(C(=O)Nc3ccc(-c4cn(CCOCCOCCC(=O)NC5CCC5)nn4)cc3)c2n1.Cc1cc(C)n2ccc(C(=O)Nc3ccc(-c4cn(CCOCCOCCC(=O)NC5CCCCC5)nn4)cc3)c2n1.Cc1cc(C)n2ccc(C(=O)Nc3ccc(-c4cn(CCOCCOCCC(=O)NCCC5CCCN5C)nn4)cc3)c2n1. The Morgan fingerprint density at radius 3 is 1.04 bits per heavy atom. The average molecular weight is 1720 g/mol. The molecule has 34 nitrogen and oxygen atoms in total. The lowest BCUT2D eigenvalue weighted by atomic mass is 9.93. The van der Waals surface area contributed by atoms with Crippen LogP contribution in [0, 0.1) is 41.5 Å². The molecule has 666 valence electrons. The number of amides is 6. The summed E-state index contributed by atoms with van der Waals surface area (Å²) >= 11 is 0. The second-order valence-corrected chi connectivity index (χ2v) is 32.0. The summed E-state index contributed by atoms with van der Waals surface area (Å²) in [6, 6.07) is 35.0. The van der Waals surface area contributed by atoms with E-state index in [0.717, 1.165) is 113 Å². The number of aryl methyl sites for hydroxylation is 6. The third kappa shape index (κ3) is 26.6. The molecule has 6 N–H and O–H groups in total. The van der Waals surface area contributed by atoms with E-state index in [1.807, 2.05) is 183 Å². The molecule has 0 bridgehead atoms. The molecule has 2 saturated carbocycles. The van der Waals surface area contributed by atoms with E-state index in [0.29, 0.717) is 187 Å². The highest BCUT2D eigenvalue weighted by Gasteiger charge is 2.24. The number of anilines is 3. The van der Waals surface area contributed by atoms with Crippen LogP contribution >= 0.6 is 0 Å². The van der Waals surface area contributed by atoms with Crippen LogP contribution in [0.5, 0.6) is 0 Å². The molecule has 3 fully saturated rings. The van der Waals surface area contributed by atoms with Crippen LogP contribution in [0.25, 0.3) is 50.7 Å². The minimum atomic E-state index is -0.210. The van der Waals surface area contributed by atoms with E-state index in [1.54, 1.807) is 32.2 Å². The Morgan fingerprint density at radius 2 is 0.714 bits per heavy atom. The number of likely N-dealkylation sites (tertiary alicyclic amines) is 1. The summed E-state index contributed by atoms with van der Waals surface area (Å²) in [5, 5.41) is 43.3. The number of rotatable bonds is 41. The predicted octanol–water partition coefficient (Wildman–Crippen LogP) is 11.4. The highest BCUT2D eigenvalue weighted by molar-refractivity contribution is 6.10. The van der Waals surface area contributed by atoms with Gasteiger partial charge in [0.15, 0.2) is 0 Å². The molecule has 1 saturated heterocycles. The van der Waals surface area contributed by atoms with E-state index >= 15 is 0 Å². The summed E-state index contributed by atoms with van der Waals surface area (Å²) < 4.78 is 44.4. The molecule has 2 aliphatic carbocycles. The largest absolute Gasteiger partial charge is 0.379 e. The van der Waals surface area contributed by atoms with E-state index in [-0.39, 0.29) is 35.4 Å². The Labute approximate surface area is 732 Å². The van der Waals surface area contributed by atoms with Crippen LogP contribution in [0.3, 0.4) is 0 Å². The summed E-state index contributed by atoms with van der Waals surface area (Å²) in [5.41, 5.74) is 16.1. The van der Waals surface area contributed by atoms with Gasteiger partial charge in [-0.15, -0.1) is 15.3 Å². The van der Waals surface area contributed by atoms with Gasteiger partial charge in [-0.1, -0.05) is 71.3 Å². The smallest absolute Gasteiger partial charge is 0.259 e. The van der Waals surface area contributed by atoms with Crippen LogP contribution < -0.4 is 31.9 Å². The Bertz CT molecular complexity index is 5570. The van der Waals surface area contributed by atoms with Crippen LogP contribution in [0.15, 0.2) is 146 Å². The number of benzene rings is 3. The molecule has 0 spiro atoms. The zero-order valence-corrected chi connectivity index (χ0v) is 73.1. The maximum absolute atomic E-state index is 12.9. The zero-order chi connectivity index (χ0) is 88.1. The highest BCUT2D eigenvalue weighted by atomic mass is 16.5. The number of hydrogen-bond acceptors (Lipinski definition) is 22. The third-order valence-electron chi connectivity index (χ3n) is 22.3. The average Bonchev–Trinajstić information content (AvgIpc) is 1.65. The number of carbonyl (C=O) groups excluding carboxylic acids is 6. The first kappa shape index (κ1) is 91.4. The van der Waals surface area contributed by atoms with Crippen molar-refractivity contribution >= 4 is 69.4 Å². The molecule has 6 amide bonds. The van der Waals surface area contributed by atoms with Gasteiger partial charge in [-0.2, -0.15) is 0 Å². The third-order valence-corrected chi connectivity index (χ3v) is 22.3. The zero-order valence-electron chi connectivity index (χ0n) is 73.1. The molecule has 3 aromatic carbocycles. The molecular formula is C92H116N22O12.